The zero-order valence-electron chi connectivity index (χ0n) is 13.0. The summed E-state index contributed by atoms with van der Waals surface area (Å²) in [6.07, 6.45) is 1.09. The van der Waals surface area contributed by atoms with Crippen LogP contribution >= 0.6 is 20.2 Å². The molecule has 2 nitrogen and oxygen atoms in total. The molecule has 0 aliphatic heterocycles. The van der Waals surface area contributed by atoms with Crippen LogP contribution in [0.15, 0.2) is 42.5 Å². The molecule has 0 saturated carbocycles. The Morgan fingerprint density at radius 1 is 1.26 bits per heavy atom. The standard InChI is InChI=1S/C18H20ClO2P.Li.H/c1-4-13(3)21-14-9-10-17(16(19)11-14)22-18(20)15-8-6-5-7-12(15)2;;/h5-11,13,22H,4H2,1-3H3;;. The van der Waals surface area contributed by atoms with Gasteiger partial charge in [0, 0.05) is 5.56 Å². The Labute approximate surface area is 156 Å². The minimum atomic E-state index is 0. The van der Waals surface area contributed by atoms with Gasteiger partial charge in [0.1, 0.15) is 5.75 Å². The Hall–Kier alpha value is -0.773. The van der Waals surface area contributed by atoms with Crippen LogP contribution in [0.3, 0.4) is 0 Å². The molecule has 2 aromatic rings. The Morgan fingerprint density at radius 3 is 2.57 bits per heavy atom. The Bertz CT molecular complexity index is 676. The summed E-state index contributed by atoms with van der Waals surface area (Å²) in [7, 11) is 0.0171. The number of hydrogen-bond donors (Lipinski definition) is 0. The van der Waals surface area contributed by atoms with Gasteiger partial charge in [-0.2, -0.15) is 0 Å². The van der Waals surface area contributed by atoms with E-state index in [-0.39, 0.29) is 39.1 Å². The van der Waals surface area contributed by atoms with E-state index in [1.807, 2.05) is 50.2 Å². The van der Waals surface area contributed by atoms with Gasteiger partial charge in [0.25, 0.3) is 0 Å². The van der Waals surface area contributed by atoms with Crippen LogP contribution in [0.4, 0.5) is 0 Å². The van der Waals surface area contributed by atoms with Crippen molar-refractivity contribution in [2.24, 2.45) is 0 Å². The van der Waals surface area contributed by atoms with Gasteiger partial charge < -0.3 is 4.74 Å². The van der Waals surface area contributed by atoms with Crippen LogP contribution in [0.1, 0.15) is 36.2 Å². The van der Waals surface area contributed by atoms with Gasteiger partial charge in [-0.3, -0.25) is 4.79 Å². The molecule has 2 rings (SSSR count). The second-order valence-electron chi connectivity index (χ2n) is 5.25. The molecular weight excluding hydrogens is 322 g/mol. The summed E-state index contributed by atoms with van der Waals surface area (Å²) in [4.78, 5) is 12.4. The van der Waals surface area contributed by atoms with Gasteiger partial charge in [-0.15, -0.1) is 0 Å². The fraction of sp³-hybridized carbons (Fsp3) is 0.278. The first-order valence-electron chi connectivity index (χ1n) is 7.34. The van der Waals surface area contributed by atoms with Gasteiger partial charge in [-0.1, -0.05) is 42.8 Å². The first kappa shape index (κ1) is 20.3. The second-order valence-corrected chi connectivity index (χ2v) is 6.90. The summed E-state index contributed by atoms with van der Waals surface area (Å²) in [6.45, 7) is 6.04. The van der Waals surface area contributed by atoms with Crippen LogP contribution in [-0.2, 0) is 0 Å². The van der Waals surface area contributed by atoms with Crippen molar-refractivity contribution in [3.05, 3.63) is 58.6 Å². The molecule has 0 heterocycles. The normalized spacial score (nSPS) is 12.0. The SMILES string of the molecule is CCC(C)Oc1ccc(PC(=O)c2ccccc2C)c(Cl)c1.[LiH]. The van der Waals surface area contributed by atoms with Gasteiger partial charge >= 0.3 is 18.9 Å². The van der Waals surface area contributed by atoms with Gasteiger partial charge in [-0.25, -0.2) is 0 Å². The molecule has 23 heavy (non-hydrogen) atoms. The fourth-order valence-corrected chi connectivity index (χ4v) is 3.33. The number of rotatable bonds is 6. The van der Waals surface area contributed by atoms with Gasteiger partial charge in [0.05, 0.1) is 11.1 Å². The monoisotopic (exact) mass is 342 g/mol. The molecule has 0 saturated heterocycles. The number of hydrogen-bond acceptors (Lipinski definition) is 2. The van der Waals surface area contributed by atoms with Crippen LogP contribution < -0.4 is 10.0 Å². The van der Waals surface area contributed by atoms with E-state index in [9.17, 15) is 4.79 Å². The van der Waals surface area contributed by atoms with E-state index in [4.69, 9.17) is 16.3 Å². The number of halogens is 1. The van der Waals surface area contributed by atoms with Gasteiger partial charge in [-0.05, 0) is 57.9 Å². The molecule has 0 bridgehead atoms. The zero-order valence-corrected chi connectivity index (χ0v) is 14.8. The Kier molecular flexibility index (Phi) is 8.38. The molecule has 0 N–H and O–H groups in total. The molecule has 0 aliphatic rings. The van der Waals surface area contributed by atoms with Crippen LogP contribution in [0.2, 0.25) is 5.02 Å². The van der Waals surface area contributed by atoms with E-state index in [1.54, 1.807) is 6.07 Å². The average Bonchev–Trinajstić information content (AvgIpc) is 2.50. The predicted molar refractivity (Wildman–Crippen MR) is 102 cm³/mol. The summed E-state index contributed by atoms with van der Waals surface area (Å²) < 4.78 is 5.74. The van der Waals surface area contributed by atoms with Crippen molar-refractivity contribution >= 4 is 49.9 Å². The van der Waals surface area contributed by atoms with E-state index in [0.717, 1.165) is 28.6 Å². The molecule has 2 aromatic carbocycles. The van der Waals surface area contributed by atoms with E-state index in [0.29, 0.717) is 5.02 Å². The molecule has 2 atom stereocenters. The molecule has 0 fully saturated rings. The third kappa shape index (κ3) is 5.66. The molecule has 2 unspecified atom stereocenters. The van der Waals surface area contributed by atoms with Crippen molar-refractivity contribution in [3.8, 4) is 5.75 Å². The van der Waals surface area contributed by atoms with Crippen molar-refractivity contribution in [2.45, 2.75) is 33.3 Å². The van der Waals surface area contributed by atoms with Crippen molar-refractivity contribution in [1.29, 1.82) is 0 Å². The maximum absolute atomic E-state index is 12.4. The van der Waals surface area contributed by atoms with Crippen LogP contribution in [0.25, 0.3) is 0 Å². The number of carbonyl (C=O) groups excluding carboxylic acids is 1. The van der Waals surface area contributed by atoms with E-state index >= 15 is 0 Å². The van der Waals surface area contributed by atoms with Gasteiger partial charge in [0.15, 0.2) is 5.52 Å². The molecule has 118 valence electrons. The molecule has 5 heteroatoms. The summed E-state index contributed by atoms with van der Waals surface area (Å²) in [5.74, 6) is 0.747. The quantitative estimate of drug-likeness (QED) is 0.577. The molecule has 0 aromatic heterocycles. The summed E-state index contributed by atoms with van der Waals surface area (Å²) in [5.41, 5.74) is 1.86. The van der Waals surface area contributed by atoms with Crippen molar-refractivity contribution < 1.29 is 9.53 Å². The van der Waals surface area contributed by atoms with Crippen LogP contribution in [0.5, 0.6) is 5.75 Å². The number of ether oxygens (including phenoxy) is 1. The Morgan fingerprint density at radius 2 is 1.96 bits per heavy atom. The maximum atomic E-state index is 12.4. The Balaban J connectivity index is 0.00000264. The number of carbonyl (C=O) groups is 1. The topological polar surface area (TPSA) is 26.3 Å². The van der Waals surface area contributed by atoms with Crippen LogP contribution in [0, 0.1) is 6.92 Å². The zero-order chi connectivity index (χ0) is 16.1. The van der Waals surface area contributed by atoms with E-state index in [1.165, 1.54) is 0 Å². The number of benzene rings is 2. The average molecular weight is 343 g/mol. The number of aryl methyl sites for hydroxylation is 1. The minimum absolute atomic E-state index is 0. The molecule has 0 amide bonds. The molecular formula is C18H21ClLiO2P. The van der Waals surface area contributed by atoms with Crippen LogP contribution in [-0.4, -0.2) is 30.5 Å². The third-order valence-corrected chi connectivity index (χ3v) is 5.16. The van der Waals surface area contributed by atoms with Crippen molar-refractivity contribution in [2.75, 3.05) is 0 Å². The summed E-state index contributed by atoms with van der Waals surface area (Å²) >= 11 is 6.30. The summed E-state index contributed by atoms with van der Waals surface area (Å²) in [5, 5.41) is 1.44. The van der Waals surface area contributed by atoms with Crippen molar-refractivity contribution in [1.82, 2.24) is 0 Å². The first-order valence-corrected chi connectivity index (χ1v) is 8.72. The van der Waals surface area contributed by atoms with E-state index < -0.39 is 0 Å². The van der Waals surface area contributed by atoms with Crippen molar-refractivity contribution in [3.63, 3.8) is 0 Å². The van der Waals surface area contributed by atoms with Gasteiger partial charge in [0.2, 0.25) is 0 Å². The second kappa shape index (κ2) is 9.51. The predicted octanol–water partition coefficient (Wildman–Crippen LogP) is 4.32. The van der Waals surface area contributed by atoms with E-state index in [2.05, 4.69) is 6.92 Å². The first-order chi connectivity index (χ1) is 10.5. The summed E-state index contributed by atoms with van der Waals surface area (Å²) in [6, 6.07) is 13.2. The molecule has 0 spiro atoms. The molecule has 0 aliphatic carbocycles. The molecule has 0 radical (unpaired) electrons. The fourth-order valence-electron chi connectivity index (χ4n) is 2.00. The third-order valence-electron chi connectivity index (χ3n) is 3.49.